The fraction of sp³-hybridized carbons (Fsp3) is 0.231. The van der Waals surface area contributed by atoms with Crippen LogP contribution in [0.2, 0.25) is 0 Å². The Kier molecular flexibility index (Phi) is 5.11. The fourth-order valence-corrected chi connectivity index (χ4v) is 3.78. The summed E-state index contributed by atoms with van der Waals surface area (Å²) in [7, 11) is -3.29. The molecule has 0 aliphatic carbocycles. The summed E-state index contributed by atoms with van der Waals surface area (Å²) in [5, 5.41) is 0. The number of rotatable bonds is 7. The first kappa shape index (κ1) is 15.0. The third-order valence-corrected chi connectivity index (χ3v) is 5.15. The van der Waals surface area contributed by atoms with Crippen LogP contribution in [0.15, 0.2) is 52.0 Å². The molecule has 0 fully saturated rings. The van der Waals surface area contributed by atoms with Crippen molar-refractivity contribution in [2.75, 3.05) is 17.2 Å². The number of furan rings is 1. The van der Waals surface area contributed by atoms with Gasteiger partial charge < -0.3 is 10.2 Å². The van der Waals surface area contributed by atoms with Gasteiger partial charge in [0.2, 0.25) is 10.0 Å². The van der Waals surface area contributed by atoms with Crippen molar-refractivity contribution in [2.45, 2.75) is 11.4 Å². The van der Waals surface area contributed by atoms with E-state index in [1.54, 1.807) is 24.3 Å². The highest BCUT2D eigenvalue weighted by molar-refractivity contribution is 8.00. The molecule has 0 aliphatic heterocycles. The molecule has 20 heavy (non-hydrogen) atoms. The van der Waals surface area contributed by atoms with Gasteiger partial charge in [-0.3, -0.25) is 0 Å². The van der Waals surface area contributed by atoms with E-state index in [9.17, 15) is 8.42 Å². The molecule has 108 valence electrons. The zero-order valence-corrected chi connectivity index (χ0v) is 12.4. The van der Waals surface area contributed by atoms with Gasteiger partial charge in [-0.2, -0.15) is 0 Å². The van der Waals surface area contributed by atoms with Crippen LogP contribution in [0.3, 0.4) is 0 Å². The first-order chi connectivity index (χ1) is 9.55. The minimum atomic E-state index is -3.29. The van der Waals surface area contributed by atoms with Gasteiger partial charge in [0.15, 0.2) is 0 Å². The maximum absolute atomic E-state index is 11.8. The molecule has 3 N–H and O–H groups in total. The Morgan fingerprint density at radius 1 is 1.20 bits per heavy atom. The molecule has 0 aliphatic rings. The van der Waals surface area contributed by atoms with Gasteiger partial charge in [-0.05, 0) is 36.4 Å². The van der Waals surface area contributed by atoms with Crippen LogP contribution in [0, 0.1) is 0 Å². The molecule has 0 saturated carbocycles. The number of anilines is 1. The van der Waals surface area contributed by atoms with Crippen molar-refractivity contribution in [2.24, 2.45) is 0 Å². The molecular weight excluding hydrogens is 296 g/mol. The molecule has 5 nitrogen and oxygen atoms in total. The number of hydrogen-bond donors (Lipinski definition) is 2. The Hall–Kier alpha value is -1.44. The van der Waals surface area contributed by atoms with Crippen LogP contribution in [0.25, 0.3) is 0 Å². The van der Waals surface area contributed by atoms with Crippen molar-refractivity contribution >= 4 is 27.5 Å². The van der Waals surface area contributed by atoms with Crippen molar-refractivity contribution in [1.82, 2.24) is 4.72 Å². The van der Waals surface area contributed by atoms with E-state index in [0.29, 0.717) is 17.2 Å². The first-order valence-corrected chi connectivity index (χ1v) is 8.67. The standard InChI is InChI=1S/C13H16N2O3S2/c14-11-3-5-13(6-4-11)19-8-9-20(16,17)15-10-12-2-1-7-18-12/h1-7,15H,8-10,14H2. The number of nitrogen functional groups attached to an aromatic ring is 1. The molecule has 0 unspecified atom stereocenters. The minimum absolute atomic E-state index is 0.0583. The molecule has 1 heterocycles. The summed E-state index contributed by atoms with van der Waals surface area (Å²) in [4.78, 5) is 1.00. The van der Waals surface area contributed by atoms with Gasteiger partial charge in [0.25, 0.3) is 0 Å². The van der Waals surface area contributed by atoms with Crippen LogP contribution in [0.1, 0.15) is 5.76 Å². The Morgan fingerprint density at radius 3 is 2.60 bits per heavy atom. The number of benzene rings is 1. The molecule has 1 aromatic heterocycles. The SMILES string of the molecule is Nc1ccc(SCCS(=O)(=O)NCc2ccco2)cc1. The summed E-state index contributed by atoms with van der Waals surface area (Å²) >= 11 is 1.48. The number of nitrogens with one attached hydrogen (secondary N) is 1. The van der Waals surface area contributed by atoms with Crippen molar-refractivity contribution in [1.29, 1.82) is 0 Å². The summed E-state index contributed by atoms with van der Waals surface area (Å²) in [5.41, 5.74) is 6.28. The van der Waals surface area contributed by atoms with Gasteiger partial charge >= 0.3 is 0 Å². The third-order valence-electron chi connectivity index (χ3n) is 2.55. The Morgan fingerprint density at radius 2 is 1.95 bits per heavy atom. The Bertz CT molecular complexity index is 622. The van der Waals surface area contributed by atoms with Gasteiger partial charge in [-0.1, -0.05) is 0 Å². The van der Waals surface area contributed by atoms with E-state index in [-0.39, 0.29) is 12.3 Å². The lowest BCUT2D eigenvalue weighted by atomic mass is 10.3. The fourth-order valence-electron chi connectivity index (χ4n) is 1.50. The topological polar surface area (TPSA) is 85.3 Å². The maximum atomic E-state index is 11.8. The highest BCUT2D eigenvalue weighted by atomic mass is 32.2. The number of nitrogens with two attached hydrogens (primary N) is 1. The first-order valence-electron chi connectivity index (χ1n) is 6.03. The van der Waals surface area contributed by atoms with Crippen LogP contribution in [-0.2, 0) is 16.6 Å². The van der Waals surface area contributed by atoms with Crippen molar-refractivity contribution in [3.8, 4) is 0 Å². The summed E-state index contributed by atoms with van der Waals surface area (Å²) in [6.07, 6.45) is 1.51. The van der Waals surface area contributed by atoms with Crippen LogP contribution in [0.5, 0.6) is 0 Å². The Balaban J connectivity index is 1.76. The predicted octanol–water partition coefficient (Wildman–Crippen LogP) is 2.07. The van der Waals surface area contributed by atoms with Gasteiger partial charge in [0.05, 0.1) is 18.6 Å². The van der Waals surface area contributed by atoms with Gasteiger partial charge in [-0.25, -0.2) is 13.1 Å². The molecule has 0 saturated heterocycles. The minimum Gasteiger partial charge on any atom is -0.468 e. The lowest BCUT2D eigenvalue weighted by Gasteiger charge is -2.05. The molecule has 7 heteroatoms. The summed E-state index contributed by atoms with van der Waals surface area (Å²) < 4.78 is 31.1. The van der Waals surface area contributed by atoms with Crippen molar-refractivity contribution in [3.63, 3.8) is 0 Å². The molecule has 2 rings (SSSR count). The number of sulfonamides is 1. The summed E-state index contributed by atoms with van der Waals surface area (Å²) in [6.45, 7) is 0.182. The quantitative estimate of drug-likeness (QED) is 0.604. The van der Waals surface area contributed by atoms with Crippen LogP contribution in [-0.4, -0.2) is 19.9 Å². The van der Waals surface area contributed by atoms with Crippen molar-refractivity contribution < 1.29 is 12.8 Å². The molecule has 0 amide bonds. The highest BCUT2D eigenvalue weighted by Crippen LogP contribution is 2.19. The second-order valence-corrected chi connectivity index (χ2v) is 7.23. The molecule has 2 aromatic rings. The molecule has 0 spiro atoms. The summed E-state index contributed by atoms with van der Waals surface area (Å²) in [6, 6.07) is 10.8. The van der Waals surface area contributed by atoms with Crippen LogP contribution in [0.4, 0.5) is 5.69 Å². The van der Waals surface area contributed by atoms with Crippen molar-refractivity contribution in [3.05, 3.63) is 48.4 Å². The van der Waals surface area contributed by atoms with Gasteiger partial charge in [0.1, 0.15) is 5.76 Å². The third kappa shape index (κ3) is 4.92. The monoisotopic (exact) mass is 312 g/mol. The smallest absolute Gasteiger partial charge is 0.212 e. The summed E-state index contributed by atoms with van der Waals surface area (Å²) in [5.74, 6) is 1.14. The van der Waals surface area contributed by atoms with E-state index in [2.05, 4.69) is 4.72 Å². The maximum Gasteiger partial charge on any atom is 0.212 e. The normalized spacial score (nSPS) is 11.6. The van der Waals surface area contributed by atoms with Crippen LogP contribution < -0.4 is 10.5 Å². The zero-order valence-electron chi connectivity index (χ0n) is 10.8. The van der Waals surface area contributed by atoms with E-state index in [1.807, 2.05) is 12.1 Å². The average Bonchev–Trinajstić information content (AvgIpc) is 2.92. The zero-order chi connectivity index (χ0) is 14.4. The van der Waals surface area contributed by atoms with Gasteiger partial charge in [0, 0.05) is 16.3 Å². The van der Waals surface area contributed by atoms with E-state index < -0.39 is 10.0 Å². The lowest BCUT2D eigenvalue weighted by molar-refractivity contribution is 0.499. The highest BCUT2D eigenvalue weighted by Gasteiger charge is 2.10. The Labute approximate surface area is 122 Å². The van der Waals surface area contributed by atoms with E-state index in [1.165, 1.54) is 18.0 Å². The van der Waals surface area contributed by atoms with Gasteiger partial charge in [-0.15, -0.1) is 11.8 Å². The molecule has 0 radical (unpaired) electrons. The van der Waals surface area contributed by atoms with Crippen LogP contribution >= 0.6 is 11.8 Å². The lowest BCUT2D eigenvalue weighted by Crippen LogP contribution is -2.26. The van der Waals surface area contributed by atoms with E-state index >= 15 is 0 Å². The predicted molar refractivity (Wildman–Crippen MR) is 80.9 cm³/mol. The average molecular weight is 312 g/mol. The number of hydrogen-bond acceptors (Lipinski definition) is 5. The molecular formula is C13H16N2O3S2. The second-order valence-electron chi connectivity index (χ2n) is 4.14. The molecule has 0 bridgehead atoms. The molecule has 0 atom stereocenters. The van der Waals surface area contributed by atoms with E-state index in [0.717, 1.165) is 4.90 Å². The second kappa shape index (κ2) is 6.83. The largest absolute Gasteiger partial charge is 0.468 e. The van der Waals surface area contributed by atoms with E-state index in [4.69, 9.17) is 10.2 Å². The number of thioether (sulfide) groups is 1. The molecule has 1 aromatic carbocycles.